The van der Waals surface area contributed by atoms with E-state index in [-0.39, 0.29) is 24.7 Å². The van der Waals surface area contributed by atoms with Crippen molar-refractivity contribution in [3.63, 3.8) is 0 Å². The van der Waals surface area contributed by atoms with Crippen LogP contribution in [0.4, 0.5) is 11.5 Å². The molecule has 1 amide bonds. The van der Waals surface area contributed by atoms with Crippen molar-refractivity contribution >= 4 is 17.4 Å². The molecule has 0 atom stereocenters. The van der Waals surface area contributed by atoms with Gasteiger partial charge in [-0.15, -0.1) is 0 Å². The van der Waals surface area contributed by atoms with E-state index < -0.39 is 17.2 Å². The average molecular weight is 418 g/mol. The minimum atomic E-state index is -0.733. The summed E-state index contributed by atoms with van der Waals surface area (Å²) < 4.78 is 17.6. The van der Waals surface area contributed by atoms with Crippen LogP contribution >= 0.6 is 0 Å². The summed E-state index contributed by atoms with van der Waals surface area (Å²) in [4.78, 5) is 41.6. The van der Waals surface area contributed by atoms with E-state index in [1.165, 1.54) is 16.6 Å². The van der Waals surface area contributed by atoms with Gasteiger partial charge in [-0.3, -0.25) is 24.0 Å². The molecular formula is C20H26N4O6. The van der Waals surface area contributed by atoms with Crippen LogP contribution in [0.3, 0.4) is 0 Å². The summed E-state index contributed by atoms with van der Waals surface area (Å²) in [6.45, 7) is 3.44. The first kappa shape index (κ1) is 21.4. The van der Waals surface area contributed by atoms with Crippen LogP contribution in [0.25, 0.3) is 0 Å². The number of carbonyl (C=O) groups is 1. The van der Waals surface area contributed by atoms with E-state index in [1.807, 2.05) is 6.92 Å². The lowest BCUT2D eigenvalue weighted by Crippen LogP contribution is -2.42. The van der Waals surface area contributed by atoms with Gasteiger partial charge >= 0.3 is 5.69 Å². The van der Waals surface area contributed by atoms with E-state index in [9.17, 15) is 14.4 Å². The lowest BCUT2D eigenvalue weighted by Gasteiger charge is -2.24. The lowest BCUT2D eigenvalue weighted by molar-refractivity contribution is 0.0975. The molecule has 1 aliphatic heterocycles. The molecular weight excluding hydrogens is 392 g/mol. The number of hydrogen-bond acceptors (Lipinski definition) is 7. The predicted molar refractivity (Wildman–Crippen MR) is 112 cm³/mol. The first-order chi connectivity index (χ1) is 14.5. The molecule has 10 heteroatoms. The summed E-state index contributed by atoms with van der Waals surface area (Å²) in [6, 6.07) is 4.84. The van der Waals surface area contributed by atoms with Crippen LogP contribution in [0.5, 0.6) is 11.5 Å². The number of nitrogens with zero attached hydrogens (tertiary/aromatic N) is 2. The van der Waals surface area contributed by atoms with Crippen LogP contribution in [0.15, 0.2) is 27.8 Å². The maximum atomic E-state index is 13.4. The van der Waals surface area contributed by atoms with Gasteiger partial charge < -0.3 is 19.9 Å². The van der Waals surface area contributed by atoms with Crippen molar-refractivity contribution in [3.05, 3.63) is 44.6 Å². The summed E-state index contributed by atoms with van der Waals surface area (Å²) in [5.74, 6) is 0.482. The fourth-order valence-corrected chi connectivity index (χ4v) is 3.23. The van der Waals surface area contributed by atoms with Crippen LogP contribution in [0.1, 0.15) is 30.1 Å². The number of carbonyl (C=O) groups excluding carboxylic acids is 1. The van der Waals surface area contributed by atoms with Crippen molar-refractivity contribution in [1.29, 1.82) is 0 Å². The van der Waals surface area contributed by atoms with Crippen LogP contribution in [0.2, 0.25) is 0 Å². The molecule has 3 N–H and O–H groups in total. The topological polar surface area (TPSA) is 129 Å². The lowest BCUT2D eigenvalue weighted by atomic mass is 10.1. The standard InChI is InChI=1S/C20H26N4O6/c1-3-7-24-17(21)16(18(25)22-20(24)27)23(8-11-28-2)19(26)13-5-6-14-15(12-13)30-10-4-9-29-14/h5-6,12H,3-4,7-11,21H2,1-2H3,(H,22,25,27). The molecule has 1 aromatic carbocycles. The smallest absolute Gasteiger partial charge is 0.330 e. The Bertz CT molecular complexity index is 1030. The number of rotatable bonds is 7. The Hall–Kier alpha value is -3.27. The molecule has 1 aromatic heterocycles. The summed E-state index contributed by atoms with van der Waals surface area (Å²) in [5.41, 5.74) is 5.02. The zero-order chi connectivity index (χ0) is 21.7. The summed E-state index contributed by atoms with van der Waals surface area (Å²) in [7, 11) is 1.49. The third-order valence-corrected chi connectivity index (χ3v) is 4.69. The molecule has 3 rings (SSSR count). The highest BCUT2D eigenvalue weighted by atomic mass is 16.5. The van der Waals surface area contributed by atoms with Crippen molar-refractivity contribution in [3.8, 4) is 11.5 Å². The second-order valence-corrected chi connectivity index (χ2v) is 6.81. The number of hydrogen-bond donors (Lipinski definition) is 2. The van der Waals surface area contributed by atoms with E-state index in [0.29, 0.717) is 43.2 Å². The van der Waals surface area contributed by atoms with Crippen LogP contribution in [-0.4, -0.2) is 48.9 Å². The first-order valence-corrected chi connectivity index (χ1v) is 9.81. The molecule has 162 valence electrons. The Labute approximate surface area is 173 Å². The molecule has 30 heavy (non-hydrogen) atoms. The number of anilines is 2. The van der Waals surface area contributed by atoms with E-state index >= 15 is 0 Å². The van der Waals surface area contributed by atoms with Crippen LogP contribution in [-0.2, 0) is 11.3 Å². The fourth-order valence-electron chi connectivity index (χ4n) is 3.23. The summed E-state index contributed by atoms with van der Waals surface area (Å²) in [5, 5.41) is 0. The SMILES string of the molecule is CCCn1c(N)c(N(CCOC)C(=O)c2ccc3c(c2)OCCCO3)c(=O)[nH]c1=O. The summed E-state index contributed by atoms with van der Waals surface area (Å²) >= 11 is 0. The van der Waals surface area contributed by atoms with Gasteiger partial charge in [-0.05, 0) is 24.6 Å². The number of methoxy groups -OCH3 is 1. The molecule has 0 fully saturated rings. The number of amides is 1. The Morgan fingerprint density at radius 3 is 2.70 bits per heavy atom. The van der Waals surface area contributed by atoms with Gasteiger partial charge in [0.1, 0.15) is 5.82 Å². The molecule has 0 bridgehead atoms. The third-order valence-electron chi connectivity index (χ3n) is 4.69. The molecule has 2 aromatic rings. The maximum absolute atomic E-state index is 13.4. The zero-order valence-electron chi connectivity index (χ0n) is 17.1. The molecule has 0 unspecified atom stereocenters. The Balaban J connectivity index is 2.06. The first-order valence-electron chi connectivity index (χ1n) is 9.81. The van der Waals surface area contributed by atoms with Gasteiger partial charge in [-0.25, -0.2) is 4.79 Å². The number of nitrogens with two attached hydrogens (primary N) is 1. The van der Waals surface area contributed by atoms with Crippen molar-refractivity contribution in [2.75, 3.05) is 44.1 Å². The molecule has 2 heterocycles. The van der Waals surface area contributed by atoms with E-state index in [0.717, 1.165) is 6.42 Å². The highest BCUT2D eigenvalue weighted by Gasteiger charge is 2.26. The van der Waals surface area contributed by atoms with Gasteiger partial charge in [0, 0.05) is 32.2 Å². The summed E-state index contributed by atoms with van der Waals surface area (Å²) in [6.07, 6.45) is 1.37. The molecule has 0 saturated carbocycles. The molecule has 0 saturated heterocycles. The van der Waals surface area contributed by atoms with E-state index in [4.69, 9.17) is 19.9 Å². The number of H-pyrrole nitrogens is 1. The number of aromatic amines is 1. The molecule has 0 radical (unpaired) electrons. The van der Waals surface area contributed by atoms with Crippen molar-refractivity contribution in [2.45, 2.75) is 26.3 Å². The van der Waals surface area contributed by atoms with Gasteiger partial charge in [0.15, 0.2) is 17.2 Å². The highest BCUT2D eigenvalue weighted by molar-refractivity contribution is 6.07. The second-order valence-electron chi connectivity index (χ2n) is 6.81. The highest BCUT2D eigenvalue weighted by Crippen LogP contribution is 2.31. The van der Waals surface area contributed by atoms with Gasteiger partial charge in [0.25, 0.3) is 11.5 Å². The number of benzene rings is 1. The fraction of sp³-hybridized carbons (Fsp3) is 0.450. The quantitative estimate of drug-likeness (QED) is 0.686. The Morgan fingerprint density at radius 1 is 1.27 bits per heavy atom. The van der Waals surface area contributed by atoms with Gasteiger partial charge in [0.2, 0.25) is 0 Å². The van der Waals surface area contributed by atoms with Gasteiger partial charge in [-0.1, -0.05) is 6.92 Å². The zero-order valence-corrected chi connectivity index (χ0v) is 17.1. The van der Waals surface area contributed by atoms with Gasteiger partial charge in [0.05, 0.1) is 19.8 Å². The molecule has 0 aliphatic carbocycles. The van der Waals surface area contributed by atoms with Crippen LogP contribution in [0, 0.1) is 0 Å². The van der Waals surface area contributed by atoms with Crippen molar-refractivity contribution in [2.24, 2.45) is 0 Å². The second kappa shape index (κ2) is 9.49. The van der Waals surface area contributed by atoms with Crippen molar-refractivity contribution in [1.82, 2.24) is 9.55 Å². The van der Waals surface area contributed by atoms with E-state index in [2.05, 4.69) is 4.98 Å². The number of nitrogen functional groups attached to an aromatic ring is 1. The number of fused-ring (bicyclic) bond motifs is 1. The third kappa shape index (κ3) is 4.33. The molecule has 10 nitrogen and oxygen atoms in total. The van der Waals surface area contributed by atoms with Crippen LogP contribution < -0.4 is 31.4 Å². The normalized spacial score (nSPS) is 13.0. The molecule has 0 spiro atoms. The predicted octanol–water partition coefficient (Wildman–Crippen LogP) is 0.983. The average Bonchev–Trinajstić information content (AvgIpc) is 2.97. The molecule has 1 aliphatic rings. The largest absolute Gasteiger partial charge is 0.490 e. The minimum absolute atomic E-state index is 0.0654. The minimum Gasteiger partial charge on any atom is -0.490 e. The van der Waals surface area contributed by atoms with E-state index in [1.54, 1.807) is 18.2 Å². The maximum Gasteiger partial charge on any atom is 0.330 e. The van der Waals surface area contributed by atoms with Crippen molar-refractivity contribution < 1.29 is 19.0 Å². The number of ether oxygens (including phenoxy) is 3. The Morgan fingerprint density at radius 2 is 2.00 bits per heavy atom. The number of nitrogens with one attached hydrogen (secondary N) is 1. The Kier molecular flexibility index (Phi) is 6.78. The monoisotopic (exact) mass is 418 g/mol. The van der Waals surface area contributed by atoms with Gasteiger partial charge in [-0.2, -0.15) is 0 Å². The number of aromatic nitrogens is 2.